The molecule has 1 rings (SSSR count). The van der Waals surface area contributed by atoms with Crippen LogP contribution in [0.3, 0.4) is 0 Å². The first-order valence-corrected chi connectivity index (χ1v) is 7.11. The maximum atomic E-state index is 12.0. The van der Waals surface area contributed by atoms with Crippen LogP contribution in [0.1, 0.15) is 26.5 Å². The molecule has 102 valence electrons. The molecule has 0 aliphatic rings. The number of aryl methyl sites for hydroxylation is 1. The first-order valence-electron chi connectivity index (χ1n) is 6.12. The predicted molar refractivity (Wildman–Crippen MR) is 72.9 cm³/mol. The molecule has 1 aromatic heterocycles. The van der Waals surface area contributed by atoms with E-state index in [-0.39, 0.29) is 5.97 Å². The maximum absolute atomic E-state index is 12.0. The largest absolute Gasteiger partial charge is 0.468 e. The standard InChI is InChI=1S/C13H21NO3S/c1-5-14-13(4,12(15)16-6-2)9-18-11-7-8-17-10(11)3/h7-8,14H,5-6,9H2,1-4H3. The molecule has 0 aliphatic carbocycles. The van der Waals surface area contributed by atoms with E-state index < -0.39 is 5.54 Å². The summed E-state index contributed by atoms with van der Waals surface area (Å²) in [7, 11) is 0. The number of carbonyl (C=O) groups excluding carboxylic acids is 1. The first-order chi connectivity index (χ1) is 8.53. The van der Waals surface area contributed by atoms with Crippen molar-refractivity contribution in [1.29, 1.82) is 0 Å². The summed E-state index contributed by atoms with van der Waals surface area (Å²) < 4.78 is 10.4. The van der Waals surface area contributed by atoms with Gasteiger partial charge in [0.2, 0.25) is 0 Å². The van der Waals surface area contributed by atoms with Crippen molar-refractivity contribution < 1.29 is 13.9 Å². The monoisotopic (exact) mass is 271 g/mol. The SMILES string of the molecule is CCNC(C)(CSc1ccoc1C)C(=O)OCC. The number of likely N-dealkylation sites (N-methyl/N-ethyl adjacent to an activating group) is 1. The second-order valence-electron chi connectivity index (χ2n) is 4.21. The quantitative estimate of drug-likeness (QED) is 0.610. The van der Waals surface area contributed by atoms with E-state index in [1.54, 1.807) is 18.0 Å². The van der Waals surface area contributed by atoms with Crippen molar-refractivity contribution in [3.63, 3.8) is 0 Å². The van der Waals surface area contributed by atoms with E-state index >= 15 is 0 Å². The first kappa shape index (κ1) is 15.1. The highest BCUT2D eigenvalue weighted by molar-refractivity contribution is 7.99. The maximum Gasteiger partial charge on any atom is 0.326 e. The van der Waals surface area contributed by atoms with Gasteiger partial charge in [0.05, 0.1) is 12.9 Å². The van der Waals surface area contributed by atoms with Crippen molar-refractivity contribution >= 4 is 17.7 Å². The fourth-order valence-corrected chi connectivity index (χ4v) is 2.68. The minimum absolute atomic E-state index is 0.208. The second kappa shape index (κ2) is 6.85. The van der Waals surface area contributed by atoms with Crippen LogP contribution in [0.15, 0.2) is 21.6 Å². The molecule has 1 atom stereocenters. The molecule has 0 aromatic carbocycles. The van der Waals surface area contributed by atoms with Crippen molar-refractivity contribution in [2.45, 2.75) is 38.1 Å². The van der Waals surface area contributed by atoms with Crippen molar-refractivity contribution in [3.8, 4) is 0 Å². The zero-order chi connectivity index (χ0) is 13.6. The number of hydrogen-bond donors (Lipinski definition) is 1. The molecule has 5 heteroatoms. The summed E-state index contributed by atoms with van der Waals surface area (Å²) in [5.74, 6) is 1.28. The van der Waals surface area contributed by atoms with Crippen LogP contribution in [-0.2, 0) is 9.53 Å². The summed E-state index contributed by atoms with van der Waals surface area (Å²) in [5.41, 5.74) is -0.668. The van der Waals surface area contributed by atoms with Gasteiger partial charge in [-0.1, -0.05) is 6.92 Å². The van der Waals surface area contributed by atoms with Gasteiger partial charge in [0.1, 0.15) is 11.3 Å². The van der Waals surface area contributed by atoms with Gasteiger partial charge in [-0.3, -0.25) is 4.79 Å². The van der Waals surface area contributed by atoms with Crippen LogP contribution in [0, 0.1) is 6.92 Å². The van der Waals surface area contributed by atoms with Gasteiger partial charge < -0.3 is 14.5 Å². The van der Waals surface area contributed by atoms with Gasteiger partial charge in [0.25, 0.3) is 0 Å². The van der Waals surface area contributed by atoms with Crippen LogP contribution in [0.4, 0.5) is 0 Å². The van der Waals surface area contributed by atoms with Gasteiger partial charge >= 0.3 is 5.97 Å². The third-order valence-corrected chi connectivity index (χ3v) is 4.08. The summed E-state index contributed by atoms with van der Waals surface area (Å²) in [6.07, 6.45) is 1.66. The van der Waals surface area contributed by atoms with Gasteiger partial charge in [-0.05, 0) is 33.4 Å². The van der Waals surface area contributed by atoms with E-state index in [1.807, 2.05) is 33.8 Å². The van der Waals surface area contributed by atoms with Crippen LogP contribution < -0.4 is 5.32 Å². The van der Waals surface area contributed by atoms with Crippen LogP contribution in [0.25, 0.3) is 0 Å². The molecule has 0 radical (unpaired) electrons. The van der Waals surface area contributed by atoms with Crippen molar-refractivity contribution in [1.82, 2.24) is 5.32 Å². The van der Waals surface area contributed by atoms with Gasteiger partial charge in [-0.2, -0.15) is 0 Å². The molecule has 1 aromatic rings. The number of esters is 1. The summed E-state index contributed by atoms with van der Waals surface area (Å²) in [4.78, 5) is 13.0. The lowest BCUT2D eigenvalue weighted by Crippen LogP contribution is -2.52. The molecule has 1 heterocycles. The topological polar surface area (TPSA) is 51.5 Å². The number of ether oxygens (including phenoxy) is 1. The molecule has 0 saturated carbocycles. The highest BCUT2D eigenvalue weighted by Crippen LogP contribution is 2.27. The van der Waals surface area contributed by atoms with Gasteiger partial charge in [0, 0.05) is 10.6 Å². The fourth-order valence-electron chi connectivity index (χ4n) is 1.61. The minimum atomic E-state index is -0.668. The highest BCUT2D eigenvalue weighted by atomic mass is 32.2. The average Bonchev–Trinajstić information content (AvgIpc) is 2.73. The average molecular weight is 271 g/mol. The summed E-state index contributed by atoms with van der Waals surface area (Å²) in [6, 6.07) is 1.91. The zero-order valence-electron chi connectivity index (χ0n) is 11.4. The van der Waals surface area contributed by atoms with Crippen LogP contribution in [-0.4, -0.2) is 30.4 Å². The Kier molecular flexibility index (Phi) is 5.75. The molecule has 1 unspecified atom stereocenters. The normalized spacial score (nSPS) is 14.2. The third-order valence-electron chi connectivity index (χ3n) is 2.62. The summed E-state index contributed by atoms with van der Waals surface area (Å²) >= 11 is 1.60. The molecular weight excluding hydrogens is 250 g/mol. The number of nitrogens with one attached hydrogen (secondary N) is 1. The molecular formula is C13H21NO3S. The Morgan fingerprint density at radius 1 is 1.56 bits per heavy atom. The lowest BCUT2D eigenvalue weighted by atomic mass is 10.1. The predicted octanol–water partition coefficient (Wildman–Crippen LogP) is 2.61. The van der Waals surface area contributed by atoms with Crippen LogP contribution in [0.2, 0.25) is 0 Å². The molecule has 1 N–H and O–H groups in total. The van der Waals surface area contributed by atoms with Crippen LogP contribution in [0.5, 0.6) is 0 Å². The van der Waals surface area contributed by atoms with Gasteiger partial charge in [-0.25, -0.2) is 0 Å². The Hall–Kier alpha value is -0.940. The molecule has 0 spiro atoms. The van der Waals surface area contributed by atoms with E-state index in [0.717, 1.165) is 17.2 Å². The van der Waals surface area contributed by atoms with Crippen molar-refractivity contribution in [2.75, 3.05) is 18.9 Å². The molecule has 18 heavy (non-hydrogen) atoms. The lowest BCUT2D eigenvalue weighted by Gasteiger charge is -2.27. The molecule has 0 amide bonds. The van der Waals surface area contributed by atoms with E-state index in [2.05, 4.69) is 5.32 Å². The Labute approximate surface area is 112 Å². The Morgan fingerprint density at radius 2 is 2.28 bits per heavy atom. The fraction of sp³-hybridized carbons (Fsp3) is 0.615. The van der Waals surface area contributed by atoms with Crippen LogP contribution >= 0.6 is 11.8 Å². The summed E-state index contributed by atoms with van der Waals surface area (Å²) in [6.45, 7) is 8.70. The highest BCUT2D eigenvalue weighted by Gasteiger charge is 2.34. The number of thioether (sulfide) groups is 1. The van der Waals surface area contributed by atoms with Crippen molar-refractivity contribution in [3.05, 3.63) is 18.1 Å². The summed E-state index contributed by atoms with van der Waals surface area (Å²) in [5, 5.41) is 3.20. The lowest BCUT2D eigenvalue weighted by molar-refractivity contribution is -0.149. The van der Waals surface area contributed by atoms with E-state index in [0.29, 0.717) is 12.4 Å². The van der Waals surface area contributed by atoms with Gasteiger partial charge in [-0.15, -0.1) is 11.8 Å². The second-order valence-corrected chi connectivity index (χ2v) is 5.23. The molecule has 0 bridgehead atoms. The molecule has 0 saturated heterocycles. The Bertz CT molecular complexity index is 391. The number of carbonyl (C=O) groups is 1. The minimum Gasteiger partial charge on any atom is -0.468 e. The Balaban J connectivity index is 2.67. The molecule has 0 fully saturated rings. The Morgan fingerprint density at radius 3 is 2.78 bits per heavy atom. The van der Waals surface area contributed by atoms with E-state index in [1.165, 1.54) is 0 Å². The van der Waals surface area contributed by atoms with E-state index in [4.69, 9.17) is 9.15 Å². The number of furan rings is 1. The van der Waals surface area contributed by atoms with Gasteiger partial charge in [0.15, 0.2) is 0 Å². The third kappa shape index (κ3) is 3.78. The van der Waals surface area contributed by atoms with E-state index in [9.17, 15) is 4.79 Å². The molecule has 0 aliphatic heterocycles. The smallest absolute Gasteiger partial charge is 0.326 e. The number of hydrogen-bond acceptors (Lipinski definition) is 5. The molecule has 4 nitrogen and oxygen atoms in total. The zero-order valence-corrected chi connectivity index (χ0v) is 12.2. The van der Waals surface area contributed by atoms with Crippen molar-refractivity contribution in [2.24, 2.45) is 0 Å². The number of rotatable bonds is 7.